The number of hydrogen-bond donors (Lipinski definition) is 1. The summed E-state index contributed by atoms with van der Waals surface area (Å²) in [4.78, 5) is 14.6. The number of likely N-dealkylation sites (tertiary alicyclic amines) is 1. The minimum atomic E-state index is -3.29. The van der Waals surface area contributed by atoms with Gasteiger partial charge < -0.3 is 5.32 Å². The van der Waals surface area contributed by atoms with Crippen molar-refractivity contribution < 1.29 is 13.2 Å². The molecule has 2 aliphatic rings. The van der Waals surface area contributed by atoms with Crippen LogP contribution in [0.2, 0.25) is 0 Å². The van der Waals surface area contributed by atoms with Crippen LogP contribution in [0.3, 0.4) is 0 Å². The third-order valence-electron chi connectivity index (χ3n) is 4.57. The van der Waals surface area contributed by atoms with Crippen LogP contribution in [-0.2, 0) is 14.8 Å². The molecule has 0 spiro atoms. The fourth-order valence-corrected chi connectivity index (χ4v) is 4.45. The number of carbonyl (C=O) groups excluding carboxylic acids is 1. The van der Waals surface area contributed by atoms with E-state index in [2.05, 4.69) is 17.1 Å². The molecule has 2 heterocycles. The van der Waals surface area contributed by atoms with E-state index < -0.39 is 16.1 Å². The van der Waals surface area contributed by atoms with Crippen LogP contribution in [0.25, 0.3) is 0 Å². The van der Waals surface area contributed by atoms with Crippen LogP contribution in [0, 0.1) is 0 Å². The summed E-state index contributed by atoms with van der Waals surface area (Å²) in [5.41, 5.74) is 0. The van der Waals surface area contributed by atoms with Crippen molar-refractivity contribution in [2.45, 2.75) is 51.1 Å². The number of amides is 1. The number of nitrogens with one attached hydrogen (secondary N) is 1. The summed E-state index contributed by atoms with van der Waals surface area (Å²) in [6.45, 7) is 5.22. The van der Waals surface area contributed by atoms with Crippen LogP contribution in [0.1, 0.15) is 39.0 Å². The summed E-state index contributed by atoms with van der Waals surface area (Å²) < 4.78 is 24.6. The Kier molecular flexibility index (Phi) is 5.62. The molecular weight excluding hydrogens is 290 g/mol. The molecule has 0 aromatic heterocycles. The fraction of sp³-hybridized carbons (Fsp3) is 0.929. The second kappa shape index (κ2) is 7.07. The molecule has 0 radical (unpaired) electrons. The number of piperidine rings is 1. The third-order valence-corrected chi connectivity index (χ3v) is 5.86. The zero-order valence-corrected chi connectivity index (χ0v) is 13.9. The van der Waals surface area contributed by atoms with E-state index in [0.29, 0.717) is 25.6 Å². The lowest BCUT2D eigenvalue weighted by atomic mass is 10.0. The Morgan fingerprint density at radius 3 is 2.62 bits per heavy atom. The molecule has 6 nitrogen and oxygen atoms in total. The topological polar surface area (TPSA) is 69.7 Å². The molecule has 122 valence electrons. The van der Waals surface area contributed by atoms with Crippen molar-refractivity contribution in [2.75, 3.05) is 32.4 Å². The number of carbonyl (C=O) groups is 1. The van der Waals surface area contributed by atoms with E-state index in [1.54, 1.807) is 0 Å². The molecule has 2 saturated heterocycles. The average molecular weight is 317 g/mol. The summed E-state index contributed by atoms with van der Waals surface area (Å²) in [6.07, 6.45) is 6.29. The van der Waals surface area contributed by atoms with Gasteiger partial charge in [0, 0.05) is 25.7 Å². The Morgan fingerprint density at radius 2 is 1.95 bits per heavy atom. The molecule has 0 aliphatic carbocycles. The van der Waals surface area contributed by atoms with Gasteiger partial charge in [-0.3, -0.25) is 9.69 Å². The molecular formula is C14H27N3O3S. The zero-order chi connectivity index (χ0) is 15.5. The first-order valence-electron chi connectivity index (χ1n) is 7.88. The van der Waals surface area contributed by atoms with E-state index >= 15 is 0 Å². The lowest BCUT2D eigenvalue weighted by molar-refractivity contribution is -0.124. The Balaban J connectivity index is 1.79. The van der Waals surface area contributed by atoms with E-state index in [1.807, 2.05) is 0 Å². The standard InChI is InChI=1S/C14H27N3O3S/c1-12-6-3-4-9-16(12)11-8-15-14(18)13-7-5-10-17(13)21(2,19)20/h12-13H,3-11H2,1-2H3,(H,15,18)/t12-,13+/m0/s1. The first-order chi connectivity index (χ1) is 9.89. The predicted octanol–water partition coefficient (Wildman–Crippen LogP) is 0.401. The highest BCUT2D eigenvalue weighted by molar-refractivity contribution is 7.88. The highest BCUT2D eigenvalue weighted by Crippen LogP contribution is 2.20. The molecule has 0 unspecified atom stereocenters. The fourth-order valence-electron chi connectivity index (χ4n) is 3.33. The molecule has 2 fully saturated rings. The summed E-state index contributed by atoms with van der Waals surface area (Å²) in [5, 5.41) is 2.91. The molecule has 0 aromatic rings. The van der Waals surface area contributed by atoms with Crippen LogP contribution in [0.4, 0.5) is 0 Å². The quantitative estimate of drug-likeness (QED) is 0.797. The lowest BCUT2D eigenvalue weighted by Crippen LogP contribution is -2.48. The van der Waals surface area contributed by atoms with Crippen molar-refractivity contribution >= 4 is 15.9 Å². The predicted molar refractivity (Wildman–Crippen MR) is 82.5 cm³/mol. The molecule has 0 bridgehead atoms. The van der Waals surface area contributed by atoms with Gasteiger partial charge in [-0.15, -0.1) is 0 Å². The molecule has 0 aromatic carbocycles. The molecule has 2 aliphatic heterocycles. The van der Waals surface area contributed by atoms with Gasteiger partial charge in [0.2, 0.25) is 15.9 Å². The Bertz CT molecular complexity index is 466. The monoisotopic (exact) mass is 317 g/mol. The molecule has 2 atom stereocenters. The minimum absolute atomic E-state index is 0.150. The van der Waals surface area contributed by atoms with Crippen molar-refractivity contribution in [2.24, 2.45) is 0 Å². The lowest BCUT2D eigenvalue weighted by Gasteiger charge is -2.33. The number of sulfonamides is 1. The summed E-state index contributed by atoms with van der Waals surface area (Å²) in [6, 6.07) is 0.0634. The van der Waals surface area contributed by atoms with Gasteiger partial charge in [-0.2, -0.15) is 4.31 Å². The van der Waals surface area contributed by atoms with E-state index in [4.69, 9.17) is 0 Å². The van der Waals surface area contributed by atoms with E-state index in [1.165, 1.54) is 29.8 Å². The average Bonchev–Trinajstić information content (AvgIpc) is 2.90. The van der Waals surface area contributed by atoms with Gasteiger partial charge in [-0.1, -0.05) is 6.42 Å². The Labute approximate surface area is 127 Å². The maximum atomic E-state index is 12.2. The number of rotatable bonds is 5. The second-order valence-electron chi connectivity index (χ2n) is 6.20. The van der Waals surface area contributed by atoms with Gasteiger partial charge in [0.05, 0.1) is 6.26 Å². The van der Waals surface area contributed by atoms with Gasteiger partial charge in [-0.25, -0.2) is 8.42 Å². The first kappa shape index (κ1) is 16.7. The van der Waals surface area contributed by atoms with Gasteiger partial charge in [-0.05, 0) is 39.2 Å². The van der Waals surface area contributed by atoms with Crippen molar-refractivity contribution in [1.29, 1.82) is 0 Å². The molecule has 21 heavy (non-hydrogen) atoms. The summed E-state index contributed by atoms with van der Waals surface area (Å²) in [7, 11) is -3.29. The van der Waals surface area contributed by atoms with Crippen molar-refractivity contribution in [3.63, 3.8) is 0 Å². The first-order valence-corrected chi connectivity index (χ1v) is 9.73. The largest absolute Gasteiger partial charge is 0.353 e. The highest BCUT2D eigenvalue weighted by Gasteiger charge is 2.36. The Hall–Kier alpha value is -0.660. The normalized spacial score (nSPS) is 28.7. The SMILES string of the molecule is C[C@H]1CCCCN1CCNC(=O)[C@H]1CCCN1S(C)(=O)=O. The molecule has 1 amide bonds. The summed E-state index contributed by atoms with van der Waals surface area (Å²) in [5.74, 6) is -0.150. The van der Waals surface area contributed by atoms with Crippen LogP contribution >= 0.6 is 0 Å². The van der Waals surface area contributed by atoms with Crippen LogP contribution in [-0.4, -0.2) is 68.0 Å². The minimum Gasteiger partial charge on any atom is -0.353 e. The van der Waals surface area contributed by atoms with E-state index in [0.717, 1.165) is 19.5 Å². The Morgan fingerprint density at radius 1 is 1.19 bits per heavy atom. The van der Waals surface area contributed by atoms with E-state index in [9.17, 15) is 13.2 Å². The maximum absolute atomic E-state index is 12.2. The van der Waals surface area contributed by atoms with Crippen LogP contribution in [0.5, 0.6) is 0 Å². The third kappa shape index (κ3) is 4.40. The molecule has 7 heteroatoms. The maximum Gasteiger partial charge on any atom is 0.238 e. The van der Waals surface area contributed by atoms with Crippen LogP contribution < -0.4 is 5.32 Å². The van der Waals surface area contributed by atoms with Crippen molar-refractivity contribution in [3.05, 3.63) is 0 Å². The second-order valence-corrected chi connectivity index (χ2v) is 8.14. The van der Waals surface area contributed by atoms with Gasteiger partial charge in [0.25, 0.3) is 0 Å². The zero-order valence-electron chi connectivity index (χ0n) is 13.0. The highest BCUT2D eigenvalue weighted by atomic mass is 32.2. The summed E-state index contributed by atoms with van der Waals surface area (Å²) >= 11 is 0. The molecule has 2 rings (SSSR count). The number of nitrogens with zero attached hydrogens (tertiary/aromatic N) is 2. The van der Waals surface area contributed by atoms with Crippen molar-refractivity contribution in [1.82, 2.24) is 14.5 Å². The van der Waals surface area contributed by atoms with Crippen LogP contribution in [0.15, 0.2) is 0 Å². The molecule has 0 saturated carbocycles. The molecule has 1 N–H and O–H groups in total. The van der Waals surface area contributed by atoms with Gasteiger partial charge in [0.1, 0.15) is 6.04 Å². The van der Waals surface area contributed by atoms with E-state index in [-0.39, 0.29) is 5.91 Å². The van der Waals surface area contributed by atoms with Crippen molar-refractivity contribution in [3.8, 4) is 0 Å². The smallest absolute Gasteiger partial charge is 0.238 e. The van der Waals surface area contributed by atoms with Gasteiger partial charge in [0.15, 0.2) is 0 Å². The van der Waals surface area contributed by atoms with Gasteiger partial charge >= 0.3 is 0 Å². The number of hydrogen-bond acceptors (Lipinski definition) is 4.